The van der Waals surface area contributed by atoms with E-state index in [1.807, 2.05) is 58.0 Å². The summed E-state index contributed by atoms with van der Waals surface area (Å²) < 4.78 is 35.9. The van der Waals surface area contributed by atoms with Crippen molar-refractivity contribution in [2.24, 2.45) is 0 Å². The largest absolute Gasteiger partial charge is 0.462 e. The Bertz CT molecular complexity index is 482. The molecule has 0 N–H and O–H groups in total. The average Bonchev–Trinajstić information content (AvgIpc) is 2.66. The van der Waals surface area contributed by atoms with Crippen molar-refractivity contribution >= 4 is 0 Å². The second-order valence-electron chi connectivity index (χ2n) is 5.89. The molecule has 1 aliphatic rings. The first-order chi connectivity index (χ1) is 12.7. The van der Waals surface area contributed by atoms with Crippen molar-refractivity contribution in [3.63, 3.8) is 0 Å². The van der Waals surface area contributed by atoms with Gasteiger partial charge in [0.05, 0.1) is 6.61 Å². The predicted octanol–water partition coefficient (Wildman–Crippen LogP) is 3.04. The molecule has 0 amide bonds. The van der Waals surface area contributed by atoms with Crippen LogP contribution in [0.2, 0.25) is 0 Å². The fraction of sp³-hybridized carbons (Fsp3) is 0.700. The molecule has 1 heterocycles. The summed E-state index contributed by atoms with van der Waals surface area (Å²) in [7, 11) is 0. The molecule has 6 nitrogen and oxygen atoms in total. The Morgan fingerprint density at radius 1 is 0.769 bits per heavy atom. The molecule has 1 aromatic carbocycles. The molecule has 0 saturated carbocycles. The fourth-order valence-electron chi connectivity index (χ4n) is 3.12. The number of rotatable bonds is 11. The van der Waals surface area contributed by atoms with E-state index < -0.39 is 12.4 Å². The van der Waals surface area contributed by atoms with E-state index in [9.17, 15) is 0 Å². The molecule has 6 heteroatoms. The van der Waals surface area contributed by atoms with Crippen LogP contribution in [0, 0.1) is 0 Å². The molecule has 26 heavy (non-hydrogen) atoms. The third kappa shape index (κ3) is 5.66. The lowest BCUT2D eigenvalue weighted by atomic mass is 9.98. The Kier molecular flexibility index (Phi) is 9.36. The first-order valence-corrected chi connectivity index (χ1v) is 9.54. The van der Waals surface area contributed by atoms with Gasteiger partial charge in [-0.1, -0.05) is 18.2 Å². The molecule has 0 spiro atoms. The third-order valence-electron chi connectivity index (χ3n) is 4.15. The van der Waals surface area contributed by atoms with Gasteiger partial charge in [0.2, 0.25) is 6.29 Å². The maximum Gasteiger partial charge on any atom is 0.229 e. The molecular formula is C20H32O6. The number of ether oxygens (including phenoxy) is 6. The normalized spacial score (nSPS) is 28.8. The van der Waals surface area contributed by atoms with Crippen LogP contribution < -0.4 is 4.74 Å². The van der Waals surface area contributed by atoms with Gasteiger partial charge >= 0.3 is 0 Å². The topological polar surface area (TPSA) is 55.4 Å². The van der Waals surface area contributed by atoms with Crippen molar-refractivity contribution < 1.29 is 28.4 Å². The molecule has 1 aliphatic heterocycles. The van der Waals surface area contributed by atoms with Gasteiger partial charge in [-0.05, 0) is 39.8 Å². The van der Waals surface area contributed by atoms with Crippen LogP contribution in [0.3, 0.4) is 0 Å². The molecule has 148 valence electrons. The zero-order chi connectivity index (χ0) is 18.8. The summed E-state index contributed by atoms with van der Waals surface area (Å²) in [6, 6.07) is 9.59. The van der Waals surface area contributed by atoms with E-state index in [0.29, 0.717) is 33.0 Å². The molecule has 0 bridgehead atoms. The Morgan fingerprint density at radius 2 is 1.38 bits per heavy atom. The quantitative estimate of drug-likeness (QED) is 0.598. The van der Waals surface area contributed by atoms with E-state index in [0.717, 1.165) is 5.75 Å². The van der Waals surface area contributed by atoms with E-state index in [-0.39, 0.29) is 18.3 Å². The zero-order valence-corrected chi connectivity index (χ0v) is 16.3. The van der Waals surface area contributed by atoms with Gasteiger partial charge < -0.3 is 28.4 Å². The Morgan fingerprint density at radius 3 is 2.00 bits per heavy atom. The highest BCUT2D eigenvalue weighted by molar-refractivity contribution is 5.21. The highest BCUT2D eigenvalue weighted by atomic mass is 16.7. The van der Waals surface area contributed by atoms with Gasteiger partial charge in [0, 0.05) is 26.4 Å². The number of hydrogen-bond acceptors (Lipinski definition) is 6. The number of para-hydroxylation sites is 1. The van der Waals surface area contributed by atoms with Crippen molar-refractivity contribution in [3.05, 3.63) is 30.3 Å². The summed E-state index contributed by atoms with van der Waals surface area (Å²) in [5, 5.41) is 0. The smallest absolute Gasteiger partial charge is 0.229 e. The van der Waals surface area contributed by atoms with Crippen molar-refractivity contribution in [1.82, 2.24) is 0 Å². The summed E-state index contributed by atoms with van der Waals surface area (Å²) in [5.74, 6) is 0.725. The SMILES string of the molecule is CCOCC1OC(Oc2ccccc2)C(OCC)C(OCC)C1OCC. The first-order valence-electron chi connectivity index (χ1n) is 9.54. The van der Waals surface area contributed by atoms with Crippen molar-refractivity contribution in [2.45, 2.75) is 58.4 Å². The minimum Gasteiger partial charge on any atom is -0.462 e. The molecule has 1 fully saturated rings. The maximum absolute atomic E-state index is 6.22. The van der Waals surface area contributed by atoms with Crippen LogP contribution in [-0.2, 0) is 23.7 Å². The summed E-state index contributed by atoms with van der Waals surface area (Å²) in [6.07, 6.45) is -1.87. The van der Waals surface area contributed by atoms with Crippen LogP contribution in [0.1, 0.15) is 27.7 Å². The molecule has 0 aromatic heterocycles. The van der Waals surface area contributed by atoms with Gasteiger partial charge in [0.15, 0.2) is 0 Å². The van der Waals surface area contributed by atoms with Crippen molar-refractivity contribution in [3.8, 4) is 5.75 Å². The van der Waals surface area contributed by atoms with Crippen LogP contribution in [0.5, 0.6) is 5.75 Å². The van der Waals surface area contributed by atoms with Crippen molar-refractivity contribution in [1.29, 1.82) is 0 Å². The van der Waals surface area contributed by atoms with Gasteiger partial charge in [0.1, 0.15) is 30.2 Å². The average molecular weight is 368 g/mol. The van der Waals surface area contributed by atoms with Crippen LogP contribution in [0.25, 0.3) is 0 Å². The lowest BCUT2D eigenvalue weighted by Gasteiger charge is -2.45. The molecule has 1 saturated heterocycles. The van der Waals surface area contributed by atoms with Crippen LogP contribution in [-0.4, -0.2) is 63.7 Å². The predicted molar refractivity (Wildman–Crippen MR) is 98.5 cm³/mol. The summed E-state index contributed by atoms with van der Waals surface area (Å²) in [6.45, 7) is 10.5. The van der Waals surface area contributed by atoms with Crippen molar-refractivity contribution in [2.75, 3.05) is 33.0 Å². The second-order valence-corrected chi connectivity index (χ2v) is 5.89. The highest BCUT2D eigenvalue weighted by Crippen LogP contribution is 2.30. The van der Waals surface area contributed by atoms with Gasteiger partial charge in [-0.25, -0.2) is 0 Å². The van der Waals surface area contributed by atoms with E-state index in [2.05, 4.69) is 0 Å². The Hall–Kier alpha value is -1.18. The van der Waals surface area contributed by atoms with Crippen LogP contribution >= 0.6 is 0 Å². The molecule has 5 unspecified atom stereocenters. The number of hydrogen-bond donors (Lipinski definition) is 0. The second kappa shape index (κ2) is 11.5. The minimum absolute atomic E-state index is 0.279. The van der Waals surface area contributed by atoms with E-state index in [1.54, 1.807) is 0 Å². The molecule has 1 aromatic rings. The standard InChI is InChI=1S/C20H32O6/c1-5-21-14-16-17(22-6-2)18(23-7-3)19(24-8-4)20(26-16)25-15-12-10-9-11-13-15/h9-13,16-20H,5-8,14H2,1-4H3. The zero-order valence-electron chi connectivity index (χ0n) is 16.3. The van der Waals surface area contributed by atoms with Gasteiger partial charge in [-0.2, -0.15) is 0 Å². The lowest BCUT2D eigenvalue weighted by Crippen LogP contribution is -2.62. The fourth-order valence-corrected chi connectivity index (χ4v) is 3.12. The van der Waals surface area contributed by atoms with E-state index in [4.69, 9.17) is 28.4 Å². The van der Waals surface area contributed by atoms with E-state index >= 15 is 0 Å². The highest BCUT2D eigenvalue weighted by Gasteiger charge is 2.49. The van der Waals surface area contributed by atoms with Gasteiger partial charge in [0.25, 0.3) is 0 Å². The third-order valence-corrected chi connectivity index (χ3v) is 4.15. The molecule has 5 atom stereocenters. The summed E-state index contributed by atoms with van der Waals surface area (Å²) in [5.41, 5.74) is 0. The molecule has 2 rings (SSSR count). The monoisotopic (exact) mass is 368 g/mol. The number of benzene rings is 1. The minimum atomic E-state index is -0.601. The summed E-state index contributed by atoms with van der Waals surface area (Å²) >= 11 is 0. The Labute approximate surface area is 156 Å². The van der Waals surface area contributed by atoms with Gasteiger partial charge in [-0.3, -0.25) is 0 Å². The molecule has 0 aliphatic carbocycles. The maximum atomic E-state index is 6.22. The Balaban J connectivity index is 2.25. The molecule has 0 radical (unpaired) electrons. The van der Waals surface area contributed by atoms with E-state index in [1.165, 1.54) is 0 Å². The first kappa shape index (κ1) is 21.1. The van der Waals surface area contributed by atoms with Crippen LogP contribution in [0.15, 0.2) is 30.3 Å². The lowest BCUT2D eigenvalue weighted by molar-refractivity contribution is -0.302. The summed E-state index contributed by atoms with van der Waals surface area (Å²) in [4.78, 5) is 0. The van der Waals surface area contributed by atoms with Gasteiger partial charge in [-0.15, -0.1) is 0 Å². The van der Waals surface area contributed by atoms with Crippen LogP contribution in [0.4, 0.5) is 0 Å². The molecular weight excluding hydrogens is 336 g/mol.